The highest BCUT2D eigenvalue weighted by atomic mass is 19.1. The van der Waals surface area contributed by atoms with Gasteiger partial charge in [-0.1, -0.05) is 18.2 Å². The molecule has 98 valence electrons. The number of amides is 1. The van der Waals surface area contributed by atoms with Crippen LogP contribution in [0.5, 0.6) is 0 Å². The number of aliphatic hydroxyl groups is 1. The molecule has 0 saturated carbocycles. The van der Waals surface area contributed by atoms with Gasteiger partial charge in [-0.15, -0.1) is 0 Å². The lowest BCUT2D eigenvalue weighted by Gasteiger charge is -2.08. The van der Waals surface area contributed by atoms with Crippen molar-refractivity contribution in [1.29, 1.82) is 0 Å². The zero-order valence-corrected chi connectivity index (χ0v) is 10.4. The molecule has 2 aromatic carbocycles. The van der Waals surface area contributed by atoms with Gasteiger partial charge >= 0.3 is 0 Å². The van der Waals surface area contributed by atoms with Crippen molar-refractivity contribution < 1.29 is 14.3 Å². The highest BCUT2D eigenvalue weighted by Gasteiger charge is 2.07. The first-order chi connectivity index (χ1) is 9.06. The van der Waals surface area contributed by atoms with Crippen LogP contribution in [0, 0.1) is 5.82 Å². The van der Waals surface area contributed by atoms with Gasteiger partial charge in [-0.2, -0.15) is 0 Å². The van der Waals surface area contributed by atoms with Gasteiger partial charge in [0.05, 0.1) is 6.10 Å². The first kappa shape index (κ1) is 13.2. The quantitative estimate of drug-likeness (QED) is 0.889. The standard InChI is InChI=1S/C15H14FNO2/c1-10(18)11-5-7-14(8-6-11)17-15(19)12-3-2-4-13(16)9-12/h2-10,18H,1H3,(H,17,19)/t10-/m1/s1. The number of hydrogen-bond donors (Lipinski definition) is 2. The number of nitrogens with one attached hydrogen (secondary N) is 1. The average molecular weight is 259 g/mol. The van der Waals surface area contributed by atoms with Gasteiger partial charge in [0.1, 0.15) is 5.82 Å². The number of carbonyl (C=O) groups excluding carboxylic acids is 1. The lowest BCUT2D eigenvalue weighted by atomic mass is 10.1. The van der Waals surface area contributed by atoms with Crippen LogP contribution in [0.1, 0.15) is 28.9 Å². The van der Waals surface area contributed by atoms with E-state index in [1.54, 1.807) is 37.3 Å². The minimum atomic E-state index is -0.548. The van der Waals surface area contributed by atoms with Crippen LogP contribution in [0.25, 0.3) is 0 Å². The van der Waals surface area contributed by atoms with E-state index in [1.807, 2.05) is 0 Å². The Labute approximate surface area is 110 Å². The van der Waals surface area contributed by atoms with Crippen LogP contribution in [-0.4, -0.2) is 11.0 Å². The smallest absolute Gasteiger partial charge is 0.255 e. The molecule has 0 aliphatic heterocycles. The van der Waals surface area contributed by atoms with Crippen molar-refractivity contribution in [3.63, 3.8) is 0 Å². The fraction of sp³-hybridized carbons (Fsp3) is 0.133. The lowest BCUT2D eigenvalue weighted by molar-refractivity contribution is 0.102. The summed E-state index contributed by atoms with van der Waals surface area (Å²) in [5.41, 5.74) is 1.63. The van der Waals surface area contributed by atoms with E-state index in [9.17, 15) is 14.3 Å². The number of hydrogen-bond acceptors (Lipinski definition) is 2. The number of anilines is 1. The van der Waals surface area contributed by atoms with Gasteiger partial charge in [-0.3, -0.25) is 4.79 Å². The number of benzene rings is 2. The van der Waals surface area contributed by atoms with Crippen molar-refractivity contribution in [1.82, 2.24) is 0 Å². The topological polar surface area (TPSA) is 49.3 Å². The van der Waals surface area contributed by atoms with Crippen LogP contribution < -0.4 is 5.32 Å². The third-order valence-electron chi connectivity index (χ3n) is 2.74. The van der Waals surface area contributed by atoms with Gasteiger partial charge in [-0.05, 0) is 42.8 Å². The van der Waals surface area contributed by atoms with Crippen LogP contribution in [-0.2, 0) is 0 Å². The Morgan fingerprint density at radius 1 is 1.21 bits per heavy atom. The van der Waals surface area contributed by atoms with Crippen LogP contribution in [0.15, 0.2) is 48.5 Å². The zero-order valence-electron chi connectivity index (χ0n) is 10.4. The van der Waals surface area contributed by atoms with E-state index in [0.717, 1.165) is 5.56 Å². The van der Waals surface area contributed by atoms with E-state index < -0.39 is 11.9 Å². The summed E-state index contributed by atoms with van der Waals surface area (Å²) in [6, 6.07) is 12.3. The molecule has 19 heavy (non-hydrogen) atoms. The second kappa shape index (κ2) is 5.63. The monoisotopic (exact) mass is 259 g/mol. The van der Waals surface area contributed by atoms with E-state index in [1.165, 1.54) is 18.2 Å². The van der Waals surface area contributed by atoms with Gasteiger partial charge in [0.25, 0.3) is 5.91 Å². The Balaban J connectivity index is 2.10. The molecule has 3 nitrogen and oxygen atoms in total. The second-order valence-corrected chi connectivity index (χ2v) is 4.26. The van der Waals surface area contributed by atoms with Gasteiger partial charge in [-0.25, -0.2) is 4.39 Å². The van der Waals surface area contributed by atoms with Crippen molar-refractivity contribution >= 4 is 11.6 Å². The van der Waals surface area contributed by atoms with Crippen molar-refractivity contribution in [2.45, 2.75) is 13.0 Å². The molecule has 0 aromatic heterocycles. The van der Waals surface area contributed by atoms with Gasteiger partial charge in [0.2, 0.25) is 0 Å². The molecule has 0 aliphatic rings. The highest BCUT2D eigenvalue weighted by Crippen LogP contribution is 2.16. The third-order valence-corrected chi connectivity index (χ3v) is 2.74. The maximum absolute atomic E-state index is 13.0. The molecule has 2 aromatic rings. The summed E-state index contributed by atoms with van der Waals surface area (Å²) >= 11 is 0. The third kappa shape index (κ3) is 3.39. The van der Waals surface area contributed by atoms with E-state index in [4.69, 9.17) is 0 Å². The number of rotatable bonds is 3. The molecule has 0 aliphatic carbocycles. The predicted octanol–water partition coefficient (Wildman–Crippen LogP) is 3.13. The summed E-state index contributed by atoms with van der Waals surface area (Å²) in [6.07, 6.45) is -0.548. The molecule has 0 fully saturated rings. The molecule has 0 saturated heterocycles. The molecule has 0 heterocycles. The van der Waals surface area contributed by atoms with Gasteiger partial charge < -0.3 is 10.4 Å². The summed E-state index contributed by atoms with van der Waals surface area (Å²) in [5.74, 6) is -0.818. The molecule has 1 amide bonds. The van der Waals surface area contributed by atoms with Crippen LogP contribution in [0.4, 0.5) is 10.1 Å². The average Bonchev–Trinajstić information content (AvgIpc) is 2.39. The molecule has 2 rings (SSSR count). The molecule has 4 heteroatoms. The zero-order chi connectivity index (χ0) is 13.8. The number of halogens is 1. The minimum absolute atomic E-state index is 0.264. The van der Waals surface area contributed by atoms with Crippen LogP contribution >= 0.6 is 0 Å². The molecule has 1 atom stereocenters. The van der Waals surface area contributed by atoms with Gasteiger partial charge in [0, 0.05) is 11.3 Å². The van der Waals surface area contributed by atoms with E-state index in [-0.39, 0.29) is 11.5 Å². The van der Waals surface area contributed by atoms with Crippen LogP contribution in [0.2, 0.25) is 0 Å². The predicted molar refractivity (Wildman–Crippen MR) is 71.4 cm³/mol. The fourth-order valence-electron chi connectivity index (χ4n) is 1.68. The Bertz CT molecular complexity index is 579. The molecule has 0 unspecified atom stereocenters. The van der Waals surface area contributed by atoms with Gasteiger partial charge in [0.15, 0.2) is 0 Å². The molecular weight excluding hydrogens is 245 g/mol. The molecule has 2 N–H and O–H groups in total. The first-order valence-corrected chi connectivity index (χ1v) is 5.91. The molecule has 0 radical (unpaired) electrons. The maximum atomic E-state index is 13.0. The SMILES string of the molecule is C[C@@H](O)c1ccc(NC(=O)c2cccc(F)c2)cc1. The van der Waals surface area contributed by atoms with E-state index >= 15 is 0 Å². The van der Waals surface area contributed by atoms with Crippen LogP contribution in [0.3, 0.4) is 0 Å². The van der Waals surface area contributed by atoms with E-state index in [2.05, 4.69) is 5.32 Å². The highest BCUT2D eigenvalue weighted by molar-refractivity contribution is 6.04. The molecule has 0 bridgehead atoms. The Hall–Kier alpha value is -2.20. The van der Waals surface area contributed by atoms with E-state index in [0.29, 0.717) is 5.69 Å². The Morgan fingerprint density at radius 3 is 2.47 bits per heavy atom. The number of carbonyl (C=O) groups is 1. The summed E-state index contributed by atoms with van der Waals surface area (Å²) in [4.78, 5) is 11.9. The van der Waals surface area contributed by atoms with Crippen molar-refractivity contribution in [2.24, 2.45) is 0 Å². The minimum Gasteiger partial charge on any atom is -0.389 e. The molecular formula is C15H14FNO2. The summed E-state index contributed by atoms with van der Waals surface area (Å²) in [6.45, 7) is 1.67. The summed E-state index contributed by atoms with van der Waals surface area (Å²) in [5, 5.41) is 12.0. The molecule has 0 spiro atoms. The largest absolute Gasteiger partial charge is 0.389 e. The Kier molecular flexibility index (Phi) is 3.92. The normalized spacial score (nSPS) is 11.9. The number of aliphatic hydroxyl groups excluding tert-OH is 1. The lowest BCUT2D eigenvalue weighted by Crippen LogP contribution is -2.12. The first-order valence-electron chi connectivity index (χ1n) is 5.91. The summed E-state index contributed by atoms with van der Waals surface area (Å²) < 4.78 is 13.0. The Morgan fingerprint density at radius 2 is 1.89 bits per heavy atom. The maximum Gasteiger partial charge on any atom is 0.255 e. The van der Waals surface area contributed by atoms with Crippen molar-refractivity contribution in [3.05, 3.63) is 65.5 Å². The second-order valence-electron chi connectivity index (χ2n) is 4.26. The van der Waals surface area contributed by atoms with Crippen molar-refractivity contribution in [3.8, 4) is 0 Å². The summed E-state index contributed by atoms with van der Waals surface area (Å²) in [7, 11) is 0. The van der Waals surface area contributed by atoms with Crippen molar-refractivity contribution in [2.75, 3.05) is 5.32 Å². The fourth-order valence-corrected chi connectivity index (χ4v) is 1.68.